The average molecular weight is 586 g/mol. The zero-order valence-corrected chi connectivity index (χ0v) is 24.2. The quantitative estimate of drug-likeness (QED) is 0.201. The van der Waals surface area contributed by atoms with Gasteiger partial charge in [0.25, 0.3) is 0 Å². The third-order valence-corrected chi connectivity index (χ3v) is 8.04. The standard InChI is InChI=1S/C39H24ClN3O/c40-31-23-33(36-32-13-7-8-14-34(32)44-35(36)24-31)39-42-37(29-11-5-2-6-12-29)41-38(43-39)30-21-19-28(20-22-30)27-17-15-26(16-18-27)25-9-3-1-4-10-25/h1-24H. The third kappa shape index (κ3) is 4.81. The van der Waals surface area contributed by atoms with E-state index in [0.29, 0.717) is 28.1 Å². The van der Waals surface area contributed by atoms with Crippen LogP contribution in [0.5, 0.6) is 0 Å². The number of furan rings is 1. The zero-order chi connectivity index (χ0) is 29.5. The summed E-state index contributed by atoms with van der Waals surface area (Å²) < 4.78 is 6.16. The largest absolute Gasteiger partial charge is 0.456 e. The van der Waals surface area contributed by atoms with Crippen LogP contribution in [0, 0.1) is 0 Å². The van der Waals surface area contributed by atoms with E-state index in [-0.39, 0.29) is 0 Å². The first-order valence-electron chi connectivity index (χ1n) is 14.4. The molecule has 208 valence electrons. The lowest BCUT2D eigenvalue weighted by Gasteiger charge is -2.10. The first-order chi connectivity index (χ1) is 21.7. The highest BCUT2D eigenvalue weighted by atomic mass is 35.5. The maximum atomic E-state index is 6.60. The van der Waals surface area contributed by atoms with Gasteiger partial charge in [-0.3, -0.25) is 0 Å². The normalized spacial score (nSPS) is 11.3. The van der Waals surface area contributed by atoms with E-state index in [2.05, 4.69) is 72.8 Å². The molecule has 0 saturated carbocycles. The van der Waals surface area contributed by atoms with Crippen LogP contribution in [0.1, 0.15) is 0 Å². The Hall–Kier alpha value is -5.58. The van der Waals surface area contributed by atoms with Gasteiger partial charge in [0.15, 0.2) is 17.5 Å². The highest BCUT2D eigenvalue weighted by Crippen LogP contribution is 2.38. The lowest BCUT2D eigenvalue weighted by Crippen LogP contribution is -2.00. The molecule has 0 aliphatic carbocycles. The van der Waals surface area contributed by atoms with E-state index in [9.17, 15) is 0 Å². The highest BCUT2D eigenvalue weighted by Gasteiger charge is 2.19. The van der Waals surface area contributed by atoms with Crippen molar-refractivity contribution in [1.29, 1.82) is 0 Å². The molecule has 0 spiro atoms. The fraction of sp³-hybridized carbons (Fsp3) is 0. The van der Waals surface area contributed by atoms with Gasteiger partial charge in [0.2, 0.25) is 0 Å². The van der Waals surface area contributed by atoms with Gasteiger partial charge in [-0.15, -0.1) is 0 Å². The minimum Gasteiger partial charge on any atom is -0.456 e. The average Bonchev–Trinajstić information content (AvgIpc) is 3.47. The number of rotatable bonds is 5. The molecule has 4 nitrogen and oxygen atoms in total. The van der Waals surface area contributed by atoms with Gasteiger partial charge >= 0.3 is 0 Å². The van der Waals surface area contributed by atoms with E-state index in [1.54, 1.807) is 0 Å². The van der Waals surface area contributed by atoms with Crippen LogP contribution in [0.3, 0.4) is 0 Å². The number of halogens is 1. The van der Waals surface area contributed by atoms with E-state index in [1.165, 1.54) is 11.1 Å². The summed E-state index contributed by atoms with van der Waals surface area (Å²) in [5.74, 6) is 1.71. The van der Waals surface area contributed by atoms with Crippen molar-refractivity contribution in [1.82, 2.24) is 15.0 Å². The molecule has 8 rings (SSSR count). The number of nitrogens with zero attached hydrogens (tertiary/aromatic N) is 3. The molecular weight excluding hydrogens is 562 g/mol. The lowest BCUT2D eigenvalue weighted by atomic mass is 9.99. The number of hydrogen-bond acceptors (Lipinski definition) is 4. The van der Waals surface area contributed by atoms with Crippen molar-refractivity contribution in [3.63, 3.8) is 0 Å². The Morgan fingerprint density at radius 2 is 0.864 bits per heavy atom. The SMILES string of the molecule is Clc1cc(-c2nc(-c3ccccc3)nc(-c3ccc(-c4ccc(-c5ccccc5)cc4)cc3)n2)c2c(c1)oc1ccccc12. The Labute approximate surface area is 259 Å². The smallest absolute Gasteiger partial charge is 0.164 e. The molecular formula is C39H24ClN3O. The first-order valence-corrected chi connectivity index (χ1v) is 14.8. The van der Waals surface area contributed by atoms with Gasteiger partial charge < -0.3 is 4.42 Å². The van der Waals surface area contributed by atoms with Crippen molar-refractivity contribution in [2.75, 3.05) is 0 Å². The number of benzene rings is 6. The van der Waals surface area contributed by atoms with Gasteiger partial charge in [0, 0.05) is 38.6 Å². The van der Waals surface area contributed by atoms with Crippen LogP contribution in [-0.2, 0) is 0 Å². The van der Waals surface area contributed by atoms with Gasteiger partial charge in [0.1, 0.15) is 11.2 Å². The molecule has 44 heavy (non-hydrogen) atoms. The summed E-state index contributed by atoms with van der Waals surface area (Å²) in [6, 6.07) is 49.1. The predicted molar refractivity (Wildman–Crippen MR) is 179 cm³/mol. The second-order valence-corrected chi connectivity index (χ2v) is 11.1. The lowest BCUT2D eigenvalue weighted by molar-refractivity contribution is 0.669. The van der Waals surface area contributed by atoms with Crippen molar-refractivity contribution >= 4 is 33.5 Å². The number of hydrogen-bond donors (Lipinski definition) is 0. The van der Waals surface area contributed by atoms with Crippen LogP contribution < -0.4 is 0 Å². The summed E-state index contributed by atoms with van der Waals surface area (Å²) in [6.07, 6.45) is 0. The third-order valence-electron chi connectivity index (χ3n) is 7.82. The Kier molecular flexibility index (Phi) is 6.47. The van der Waals surface area contributed by atoms with Gasteiger partial charge in [0.05, 0.1) is 0 Å². The van der Waals surface area contributed by atoms with Crippen molar-refractivity contribution in [2.45, 2.75) is 0 Å². The molecule has 0 aliphatic heterocycles. The maximum Gasteiger partial charge on any atom is 0.164 e. The topological polar surface area (TPSA) is 51.8 Å². The van der Waals surface area contributed by atoms with Crippen LogP contribution in [0.2, 0.25) is 5.02 Å². The molecule has 0 aliphatic rings. The molecule has 0 radical (unpaired) electrons. The fourth-order valence-corrected chi connectivity index (χ4v) is 5.84. The summed E-state index contributed by atoms with van der Waals surface area (Å²) in [7, 11) is 0. The van der Waals surface area contributed by atoms with Crippen molar-refractivity contribution in [3.05, 3.63) is 151 Å². The molecule has 2 heterocycles. The zero-order valence-electron chi connectivity index (χ0n) is 23.5. The number of fused-ring (bicyclic) bond motifs is 3. The van der Waals surface area contributed by atoms with Gasteiger partial charge in [-0.25, -0.2) is 15.0 Å². The molecule has 0 fully saturated rings. The van der Waals surface area contributed by atoms with Crippen LogP contribution in [0.4, 0.5) is 0 Å². The van der Waals surface area contributed by atoms with Crippen LogP contribution >= 0.6 is 11.6 Å². The molecule has 2 aromatic heterocycles. The molecule has 6 aromatic carbocycles. The number of para-hydroxylation sites is 1. The Morgan fingerprint density at radius 3 is 1.48 bits per heavy atom. The molecule has 0 amide bonds. The monoisotopic (exact) mass is 585 g/mol. The summed E-state index contributed by atoms with van der Waals surface area (Å²) in [6.45, 7) is 0. The van der Waals surface area contributed by atoms with Crippen LogP contribution in [-0.4, -0.2) is 15.0 Å². The van der Waals surface area contributed by atoms with Crippen LogP contribution in [0.15, 0.2) is 150 Å². The van der Waals surface area contributed by atoms with Gasteiger partial charge in [-0.1, -0.05) is 139 Å². The van der Waals surface area contributed by atoms with E-state index >= 15 is 0 Å². The summed E-state index contributed by atoms with van der Waals surface area (Å²) in [5.41, 5.74) is 8.74. The minimum atomic E-state index is 0.536. The maximum absolute atomic E-state index is 6.60. The summed E-state index contributed by atoms with van der Waals surface area (Å²) >= 11 is 6.60. The Bertz CT molecular complexity index is 2260. The highest BCUT2D eigenvalue weighted by molar-refractivity contribution is 6.32. The van der Waals surface area contributed by atoms with Crippen molar-refractivity contribution < 1.29 is 4.42 Å². The second-order valence-electron chi connectivity index (χ2n) is 10.6. The van der Waals surface area contributed by atoms with E-state index < -0.39 is 0 Å². The van der Waals surface area contributed by atoms with Crippen molar-refractivity contribution in [2.24, 2.45) is 0 Å². The van der Waals surface area contributed by atoms with E-state index in [0.717, 1.165) is 44.2 Å². The molecule has 0 N–H and O–H groups in total. The molecule has 8 aromatic rings. The fourth-order valence-electron chi connectivity index (χ4n) is 5.64. The molecule has 0 saturated heterocycles. The molecule has 5 heteroatoms. The first kappa shape index (κ1) is 26.1. The van der Waals surface area contributed by atoms with E-state index in [1.807, 2.05) is 72.8 Å². The molecule has 0 atom stereocenters. The van der Waals surface area contributed by atoms with Gasteiger partial charge in [-0.2, -0.15) is 0 Å². The van der Waals surface area contributed by atoms with Crippen LogP contribution in [0.25, 0.3) is 78.4 Å². The molecule has 0 bridgehead atoms. The summed E-state index contributed by atoms with van der Waals surface area (Å²) in [5, 5.41) is 2.47. The minimum absolute atomic E-state index is 0.536. The van der Waals surface area contributed by atoms with Gasteiger partial charge in [-0.05, 0) is 34.4 Å². The second kappa shape index (κ2) is 10.9. The number of aromatic nitrogens is 3. The Balaban J connectivity index is 1.23. The molecule has 0 unspecified atom stereocenters. The summed E-state index contributed by atoms with van der Waals surface area (Å²) in [4.78, 5) is 14.9. The van der Waals surface area contributed by atoms with Crippen molar-refractivity contribution in [3.8, 4) is 56.4 Å². The predicted octanol–water partition coefficient (Wildman–Crippen LogP) is 10.8. The van der Waals surface area contributed by atoms with E-state index in [4.69, 9.17) is 31.0 Å². The Morgan fingerprint density at radius 1 is 0.409 bits per heavy atom.